The quantitative estimate of drug-likeness (QED) is 0.512. The molecule has 0 saturated carbocycles. The van der Waals surface area contributed by atoms with E-state index in [1.54, 1.807) is 0 Å². The predicted molar refractivity (Wildman–Crippen MR) is 65.5 cm³/mol. The van der Waals surface area contributed by atoms with E-state index in [2.05, 4.69) is 9.46 Å². The molecule has 2 N–H and O–H groups in total. The van der Waals surface area contributed by atoms with Crippen LogP contribution in [-0.2, 0) is 24.3 Å². The van der Waals surface area contributed by atoms with Crippen LogP contribution in [0.5, 0.6) is 0 Å². The lowest BCUT2D eigenvalue weighted by molar-refractivity contribution is -0.140. The Morgan fingerprint density at radius 1 is 1.39 bits per heavy atom. The number of carbonyl (C=O) groups excluding carboxylic acids is 1. The molecule has 0 aliphatic carbocycles. The van der Waals surface area contributed by atoms with Crippen molar-refractivity contribution in [3.63, 3.8) is 0 Å². The van der Waals surface area contributed by atoms with Gasteiger partial charge in [0, 0.05) is 26.2 Å². The van der Waals surface area contributed by atoms with Gasteiger partial charge in [-0.25, -0.2) is 13.1 Å². The Morgan fingerprint density at radius 3 is 2.56 bits per heavy atom. The summed E-state index contributed by atoms with van der Waals surface area (Å²) in [6.07, 6.45) is 0.539. The summed E-state index contributed by atoms with van der Waals surface area (Å²) in [6, 6.07) is -0.455. The maximum Gasteiger partial charge on any atom is 0.305 e. The number of methoxy groups -OCH3 is 2. The van der Waals surface area contributed by atoms with Crippen molar-refractivity contribution in [2.75, 3.05) is 33.2 Å². The number of hydrogen-bond acceptors (Lipinski definition) is 6. The molecule has 0 aromatic carbocycles. The molecule has 0 amide bonds. The van der Waals surface area contributed by atoms with E-state index in [1.165, 1.54) is 14.2 Å². The molecule has 18 heavy (non-hydrogen) atoms. The van der Waals surface area contributed by atoms with Gasteiger partial charge in [0.15, 0.2) is 0 Å². The zero-order valence-corrected chi connectivity index (χ0v) is 11.5. The summed E-state index contributed by atoms with van der Waals surface area (Å²) < 4.78 is 35.0. The lowest BCUT2D eigenvalue weighted by Gasteiger charge is -2.16. The Balaban J connectivity index is 4.14. The molecule has 1 unspecified atom stereocenters. The highest BCUT2D eigenvalue weighted by Crippen LogP contribution is 2.00. The number of sulfonamides is 1. The number of carbonyl (C=O) groups is 1. The normalized spacial score (nSPS) is 13.3. The molecule has 0 saturated heterocycles. The highest BCUT2D eigenvalue weighted by atomic mass is 32.2. The zero-order chi connectivity index (χ0) is 14.0. The van der Waals surface area contributed by atoms with Crippen LogP contribution in [0.3, 0.4) is 0 Å². The third-order valence-electron chi connectivity index (χ3n) is 2.21. The molecule has 108 valence electrons. The van der Waals surface area contributed by atoms with Crippen LogP contribution in [0.1, 0.15) is 19.3 Å². The summed E-state index contributed by atoms with van der Waals surface area (Å²) in [7, 11) is -0.769. The highest BCUT2D eigenvalue weighted by molar-refractivity contribution is 7.89. The van der Waals surface area contributed by atoms with Gasteiger partial charge in [-0.1, -0.05) is 0 Å². The first-order valence-corrected chi connectivity index (χ1v) is 7.27. The van der Waals surface area contributed by atoms with Crippen LogP contribution in [-0.4, -0.2) is 58.7 Å². The second-order valence-electron chi connectivity index (χ2n) is 3.78. The van der Waals surface area contributed by atoms with E-state index in [0.29, 0.717) is 0 Å². The maximum absolute atomic E-state index is 11.7. The van der Waals surface area contributed by atoms with Gasteiger partial charge in [0.1, 0.15) is 0 Å². The second-order valence-corrected chi connectivity index (χ2v) is 5.65. The molecule has 0 radical (unpaired) electrons. The summed E-state index contributed by atoms with van der Waals surface area (Å²) >= 11 is 0. The van der Waals surface area contributed by atoms with Crippen LogP contribution in [0.2, 0.25) is 0 Å². The Kier molecular flexibility index (Phi) is 8.90. The molecule has 0 aromatic heterocycles. The van der Waals surface area contributed by atoms with Crippen LogP contribution in [0.15, 0.2) is 0 Å². The standard InChI is InChI=1S/C10H21NO6S/c1-16-8-9(5-6-12)11-18(14,15)7-3-4-10(13)17-2/h9,11-12H,3-8H2,1-2H3. The van der Waals surface area contributed by atoms with E-state index in [0.717, 1.165) is 0 Å². The van der Waals surface area contributed by atoms with Gasteiger partial charge in [0.25, 0.3) is 0 Å². The fraction of sp³-hybridized carbons (Fsp3) is 0.900. The van der Waals surface area contributed by atoms with Crippen molar-refractivity contribution in [2.45, 2.75) is 25.3 Å². The van der Waals surface area contributed by atoms with Gasteiger partial charge >= 0.3 is 5.97 Å². The van der Waals surface area contributed by atoms with Gasteiger partial charge in [0.05, 0.1) is 19.5 Å². The Bertz CT molecular complexity index is 323. The van der Waals surface area contributed by atoms with Crippen LogP contribution < -0.4 is 4.72 Å². The average molecular weight is 283 g/mol. The van der Waals surface area contributed by atoms with Gasteiger partial charge in [-0.05, 0) is 12.8 Å². The Labute approximate surface area is 108 Å². The topological polar surface area (TPSA) is 102 Å². The molecule has 0 spiro atoms. The lowest BCUT2D eigenvalue weighted by Crippen LogP contribution is -2.40. The number of rotatable bonds is 10. The van der Waals surface area contributed by atoms with Crippen LogP contribution >= 0.6 is 0 Å². The first-order chi connectivity index (χ1) is 8.45. The van der Waals surface area contributed by atoms with Crippen LogP contribution in [0.25, 0.3) is 0 Å². The minimum Gasteiger partial charge on any atom is -0.469 e. The summed E-state index contributed by atoms with van der Waals surface area (Å²) in [6.45, 7) is 0.0650. The van der Waals surface area contributed by atoms with E-state index in [-0.39, 0.29) is 38.2 Å². The summed E-state index contributed by atoms with van der Waals surface area (Å²) in [5.74, 6) is -0.595. The molecule has 8 heteroatoms. The van der Waals surface area contributed by atoms with Crippen molar-refractivity contribution in [3.05, 3.63) is 0 Å². The van der Waals surface area contributed by atoms with Crippen LogP contribution in [0, 0.1) is 0 Å². The smallest absolute Gasteiger partial charge is 0.305 e. The fourth-order valence-electron chi connectivity index (χ4n) is 1.35. The van der Waals surface area contributed by atoms with E-state index >= 15 is 0 Å². The predicted octanol–water partition coefficient (Wildman–Crippen LogP) is -0.744. The highest BCUT2D eigenvalue weighted by Gasteiger charge is 2.17. The molecule has 0 fully saturated rings. The van der Waals surface area contributed by atoms with Gasteiger partial charge in [-0.15, -0.1) is 0 Å². The first kappa shape index (κ1) is 17.3. The fourth-order valence-corrected chi connectivity index (χ4v) is 2.69. The number of esters is 1. The summed E-state index contributed by atoms with van der Waals surface area (Å²) in [5, 5.41) is 8.79. The summed E-state index contributed by atoms with van der Waals surface area (Å²) in [5.41, 5.74) is 0. The minimum atomic E-state index is -3.48. The largest absolute Gasteiger partial charge is 0.469 e. The average Bonchev–Trinajstić information content (AvgIpc) is 2.28. The monoisotopic (exact) mass is 283 g/mol. The molecule has 0 aliphatic rings. The molecule has 0 heterocycles. The minimum absolute atomic E-state index is 0.0619. The first-order valence-electron chi connectivity index (χ1n) is 5.61. The SMILES string of the molecule is COCC(CCO)NS(=O)(=O)CCCC(=O)OC. The molecule has 7 nitrogen and oxygen atoms in total. The third-order valence-corrected chi connectivity index (χ3v) is 3.73. The number of nitrogens with one attached hydrogen (secondary N) is 1. The number of hydrogen-bond donors (Lipinski definition) is 2. The van der Waals surface area contributed by atoms with Gasteiger partial charge in [-0.3, -0.25) is 4.79 Å². The van der Waals surface area contributed by atoms with E-state index in [1.807, 2.05) is 0 Å². The molecular formula is C10H21NO6S. The maximum atomic E-state index is 11.7. The Morgan fingerprint density at radius 2 is 2.06 bits per heavy atom. The third kappa shape index (κ3) is 8.40. The van der Waals surface area contributed by atoms with Gasteiger partial charge in [0.2, 0.25) is 10.0 Å². The van der Waals surface area contributed by atoms with E-state index in [9.17, 15) is 13.2 Å². The Hall–Kier alpha value is -0.700. The van der Waals surface area contributed by atoms with Gasteiger partial charge in [-0.2, -0.15) is 0 Å². The second kappa shape index (κ2) is 9.26. The molecule has 0 rings (SSSR count). The molecule has 0 bridgehead atoms. The lowest BCUT2D eigenvalue weighted by atomic mass is 10.2. The van der Waals surface area contributed by atoms with Crippen molar-refractivity contribution in [1.29, 1.82) is 0 Å². The molecule has 0 aliphatic heterocycles. The van der Waals surface area contributed by atoms with Gasteiger partial charge < -0.3 is 14.6 Å². The number of aliphatic hydroxyl groups excluding tert-OH is 1. The van der Waals surface area contributed by atoms with E-state index < -0.39 is 22.0 Å². The molecule has 0 aromatic rings. The molecular weight excluding hydrogens is 262 g/mol. The van der Waals surface area contributed by atoms with E-state index in [4.69, 9.17) is 9.84 Å². The molecule has 1 atom stereocenters. The van der Waals surface area contributed by atoms with Crippen molar-refractivity contribution >= 4 is 16.0 Å². The van der Waals surface area contributed by atoms with Crippen molar-refractivity contribution in [2.24, 2.45) is 0 Å². The van der Waals surface area contributed by atoms with Crippen molar-refractivity contribution in [1.82, 2.24) is 4.72 Å². The number of aliphatic hydroxyl groups is 1. The van der Waals surface area contributed by atoms with Crippen molar-refractivity contribution < 1.29 is 27.8 Å². The number of ether oxygens (including phenoxy) is 2. The summed E-state index contributed by atoms with van der Waals surface area (Å²) in [4.78, 5) is 10.8. The van der Waals surface area contributed by atoms with Crippen molar-refractivity contribution in [3.8, 4) is 0 Å². The zero-order valence-electron chi connectivity index (χ0n) is 10.7. The van der Waals surface area contributed by atoms with Crippen LogP contribution in [0.4, 0.5) is 0 Å².